The van der Waals surface area contributed by atoms with Crippen LogP contribution in [-0.2, 0) is 15.1 Å². The number of piperidine rings is 1. The SMILES string of the molecule is O=C(CN1CCOCC1)N[C@]1(c2ccccc2)CCN(c2nncs2)C[C@H]1O. The quantitative estimate of drug-likeness (QED) is 0.749. The third-order valence-corrected chi connectivity index (χ3v) is 6.23. The zero-order valence-corrected chi connectivity index (χ0v) is 16.5. The Morgan fingerprint density at radius 3 is 2.75 bits per heavy atom. The highest BCUT2D eigenvalue weighted by Gasteiger charge is 2.45. The molecule has 0 bridgehead atoms. The molecule has 0 aliphatic carbocycles. The summed E-state index contributed by atoms with van der Waals surface area (Å²) < 4.78 is 5.36. The van der Waals surface area contributed by atoms with Gasteiger partial charge in [0.1, 0.15) is 5.51 Å². The first kappa shape index (κ1) is 19.3. The molecule has 2 N–H and O–H groups in total. The lowest BCUT2D eigenvalue weighted by Gasteiger charge is -2.46. The summed E-state index contributed by atoms with van der Waals surface area (Å²) >= 11 is 1.45. The molecule has 2 aliphatic heterocycles. The van der Waals surface area contributed by atoms with E-state index in [9.17, 15) is 9.90 Å². The molecule has 150 valence electrons. The van der Waals surface area contributed by atoms with Crippen molar-refractivity contribution in [3.63, 3.8) is 0 Å². The maximum Gasteiger partial charge on any atom is 0.234 e. The Hall–Kier alpha value is -2.07. The summed E-state index contributed by atoms with van der Waals surface area (Å²) in [6.07, 6.45) is -0.173. The molecule has 2 saturated heterocycles. The molecule has 0 unspecified atom stereocenters. The number of rotatable bonds is 5. The second-order valence-corrected chi connectivity index (χ2v) is 8.02. The van der Waals surface area contributed by atoms with Crippen LogP contribution < -0.4 is 10.2 Å². The molecule has 1 aromatic carbocycles. The standard InChI is InChI=1S/C19H25N5O3S/c25-16-12-24(18-22-20-14-28-18)7-6-19(16,15-4-2-1-3-5-15)21-17(26)13-23-8-10-27-11-9-23/h1-5,14,16,25H,6-13H2,(H,21,26)/t16-,19+/m1/s1. The van der Waals surface area contributed by atoms with Gasteiger partial charge < -0.3 is 20.1 Å². The van der Waals surface area contributed by atoms with Crippen LogP contribution in [0.25, 0.3) is 0 Å². The van der Waals surface area contributed by atoms with Gasteiger partial charge in [-0.15, -0.1) is 10.2 Å². The highest BCUT2D eigenvalue weighted by Crippen LogP contribution is 2.35. The average Bonchev–Trinajstić information content (AvgIpc) is 3.26. The maximum atomic E-state index is 12.9. The molecule has 2 atom stereocenters. The fraction of sp³-hybridized carbons (Fsp3) is 0.526. The molecule has 2 aromatic rings. The van der Waals surface area contributed by atoms with Crippen molar-refractivity contribution in [1.29, 1.82) is 0 Å². The minimum Gasteiger partial charge on any atom is -0.388 e. The number of benzene rings is 1. The molecule has 1 amide bonds. The summed E-state index contributed by atoms with van der Waals surface area (Å²) in [4.78, 5) is 17.0. The van der Waals surface area contributed by atoms with Crippen LogP contribution in [0.15, 0.2) is 35.8 Å². The second kappa shape index (κ2) is 8.52. The van der Waals surface area contributed by atoms with Crippen LogP contribution in [0.5, 0.6) is 0 Å². The van der Waals surface area contributed by atoms with E-state index in [0.717, 1.165) is 23.8 Å². The van der Waals surface area contributed by atoms with E-state index in [1.807, 2.05) is 35.2 Å². The summed E-state index contributed by atoms with van der Waals surface area (Å²) in [6.45, 7) is 4.18. The van der Waals surface area contributed by atoms with E-state index in [1.54, 1.807) is 5.51 Å². The highest BCUT2D eigenvalue weighted by molar-refractivity contribution is 7.13. The number of morpholine rings is 1. The molecule has 2 aliphatic rings. The monoisotopic (exact) mass is 403 g/mol. The number of carbonyl (C=O) groups is 1. The fourth-order valence-corrected chi connectivity index (χ4v) is 4.55. The molecule has 2 fully saturated rings. The minimum atomic E-state index is -0.814. The first-order valence-electron chi connectivity index (χ1n) is 9.53. The number of aromatic nitrogens is 2. The van der Waals surface area contributed by atoms with Crippen molar-refractivity contribution in [3.05, 3.63) is 41.4 Å². The third kappa shape index (κ3) is 4.02. The molecule has 0 saturated carbocycles. The van der Waals surface area contributed by atoms with E-state index in [4.69, 9.17) is 4.74 Å². The molecule has 0 spiro atoms. The van der Waals surface area contributed by atoms with Crippen molar-refractivity contribution in [2.75, 3.05) is 50.8 Å². The molecule has 4 rings (SSSR count). The number of nitrogens with one attached hydrogen (secondary N) is 1. The summed E-state index contributed by atoms with van der Waals surface area (Å²) in [7, 11) is 0. The van der Waals surface area contributed by atoms with Crippen LogP contribution in [0, 0.1) is 0 Å². The first-order chi connectivity index (χ1) is 13.7. The van der Waals surface area contributed by atoms with E-state index in [2.05, 4.69) is 20.4 Å². The number of aliphatic hydroxyl groups excluding tert-OH is 1. The van der Waals surface area contributed by atoms with Gasteiger partial charge in [-0.25, -0.2) is 0 Å². The Morgan fingerprint density at radius 2 is 2.07 bits per heavy atom. The number of aliphatic hydroxyl groups is 1. The fourth-order valence-electron chi connectivity index (χ4n) is 3.95. The molecule has 9 heteroatoms. The predicted octanol–water partition coefficient (Wildman–Crippen LogP) is 0.453. The summed E-state index contributed by atoms with van der Waals surface area (Å²) in [6, 6.07) is 9.76. The number of anilines is 1. The zero-order valence-electron chi connectivity index (χ0n) is 15.7. The van der Waals surface area contributed by atoms with Crippen LogP contribution >= 0.6 is 11.3 Å². The van der Waals surface area contributed by atoms with Gasteiger partial charge in [0, 0.05) is 26.2 Å². The van der Waals surface area contributed by atoms with Gasteiger partial charge in [0.2, 0.25) is 11.0 Å². The van der Waals surface area contributed by atoms with Gasteiger partial charge in [-0.05, 0) is 12.0 Å². The van der Waals surface area contributed by atoms with Gasteiger partial charge in [-0.1, -0.05) is 41.7 Å². The number of ether oxygens (including phenoxy) is 1. The lowest BCUT2D eigenvalue weighted by atomic mass is 9.78. The number of amides is 1. The van der Waals surface area contributed by atoms with E-state index in [-0.39, 0.29) is 5.91 Å². The van der Waals surface area contributed by atoms with Gasteiger partial charge in [0.05, 0.1) is 31.4 Å². The van der Waals surface area contributed by atoms with Crippen molar-refractivity contribution in [3.8, 4) is 0 Å². The third-order valence-electron chi connectivity index (χ3n) is 5.48. The number of hydrogen-bond acceptors (Lipinski definition) is 8. The van der Waals surface area contributed by atoms with E-state index < -0.39 is 11.6 Å². The number of carbonyl (C=O) groups excluding carboxylic acids is 1. The Morgan fingerprint density at radius 1 is 1.29 bits per heavy atom. The molecule has 8 nitrogen and oxygen atoms in total. The summed E-state index contributed by atoms with van der Waals surface area (Å²) in [5, 5.41) is 23.1. The average molecular weight is 404 g/mol. The normalized spacial score (nSPS) is 26.2. The van der Waals surface area contributed by atoms with E-state index in [0.29, 0.717) is 39.3 Å². The Bertz CT molecular complexity index is 769. The van der Waals surface area contributed by atoms with Gasteiger partial charge >= 0.3 is 0 Å². The number of hydrogen-bond donors (Lipinski definition) is 2. The zero-order chi connectivity index (χ0) is 19.4. The molecule has 1 aromatic heterocycles. The van der Waals surface area contributed by atoms with Gasteiger partial charge in [0.15, 0.2) is 0 Å². The van der Waals surface area contributed by atoms with Crippen molar-refractivity contribution in [2.45, 2.75) is 18.1 Å². The van der Waals surface area contributed by atoms with Gasteiger partial charge in [-0.2, -0.15) is 0 Å². The lowest BCUT2D eigenvalue weighted by Crippen LogP contribution is -2.63. The first-order valence-corrected chi connectivity index (χ1v) is 10.4. The maximum absolute atomic E-state index is 12.9. The predicted molar refractivity (Wildman–Crippen MR) is 106 cm³/mol. The number of β-amino-alcohol motifs (C(OH)–C–C–N with tert-alkyl or cyclic N) is 1. The minimum absolute atomic E-state index is 0.0748. The van der Waals surface area contributed by atoms with Crippen LogP contribution in [0.4, 0.5) is 5.13 Å². The summed E-state index contributed by atoms with van der Waals surface area (Å²) in [5.74, 6) is -0.0748. The Balaban J connectivity index is 1.53. The smallest absolute Gasteiger partial charge is 0.234 e. The van der Waals surface area contributed by atoms with Gasteiger partial charge in [0.25, 0.3) is 0 Å². The second-order valence-electron chi connectivity index (χ2n) is 7.21. The van der Waals surface area contributed by atoms with Crippen LogP contribution in [0.2, 0.25) is 0 Å². The molecule has 28 heavy (non-hydrogen) atoms. The van der Waals surface area contributed by atoms with Gasteiger partial charge in [-0.3, -0.25) is 9.69 Å². The molecule has 3 heterocycles. The Kier molecular flexibility index (Phi) is 5.86. The van der Waals surface area contributed by atoms with E-state index >= 15 is 0 Å². The molecule has 0 radical (unpaired) electrons. The highest BCUT2D eigenvalue weighted by atomic mass is 32.1. The van der Waals surface area contributed by atoms with Crippen molar-refractivity contribution < 1.29 is 14.6 Å². The largest absolute Gasteiger partial charge is 0.388 e. The van der Waals surface area contributed by atoms with E-state index in [1.165, 1.54) is 11.3 Å². The molecular weight excluding hydrogens is 378 g/mol. The Labute approximate surface area is 168 Å². The van der Waals surface area contributed by atoms with Crippen LogP contribution in [-0.4, -0.2) is 78.2 Å². The lowest BCUT2D eigenvalue weighted by molar-refractivity contribution is -0.127. The van der Waals surface area contributed by atoms with Crippen LogP contribution in [0.3, 0.4) is 0 Å². The molecular formula is C19H25N5O3S. The topological polar surface area (TPSA) is 90.8 Å². The van der Waals surface area contributed by atoms with Crippen molar-refractivity contribution in [1.82, 2.24) is 20.4 Å². The number of nitrogens with zero attached hydrogens (tertiary/aromatic N) is 4. The van der Waals surface area contributed by atoms with Crippen molar-refractivity contribution >= 4 is 22.4 Å². The summed E-state index contributed by atoms with van der Waals surface area (Å²) in [5.41, 5.74) is 1.80. The van der Waals surface area contributed by atoms with Crippen molar-refractivity contribution in [2.24, 2.45) is 0 Å². The van der Waals surface area contributed by atoms with Crippen LogP contribution in [0.1, 0.15) is 12.0 Å².